The van der Waals surface area contributed by atoms with Gasteiger partial charge in [-0.3, -0.25) is 9.89 Å². The second-order valence-corrected chi connectivity index (χ2v) is 13.3. The van der Waals surface area contributed by atoms with Crippen molar-refractivity contribution in [1.82, 2.24) is 40.0 Å². The van der Waals surface area contributed by atoms with Crippen molar-refractivity contribution >= 4 is 61.9 Å². The van der Waals surface area contributed by atoms with Crippen LogP contribution in [0.1, 0.15) is 43.7 Å². The molecule has 3 atom stereocenters. The summed E-state index contributed by atoms with van der Waals surface area (Å²) in [6, 6.07) is 4.66. The first kappa shape index (κ1) is 32.2. The second-order valence-electron chi connectivity index (χ2n) is 12.5. The molecule has 11 nitrogen and oxygen atoms in total. The molecule has 2 fully saturated rings. The lowest BCUT2D eigenvalue weighted by Crippen LogP contribution is -2.46. The third-order valence-corrected chi connectivity index (χ3v) is 10.4. The molecule has 0 radical (unpaired) electrons. The van der Waals surface area contributed by atoms with Gasteiger partial charge in [0.15, 0.2) is 17.2 Å². The number of ether oxygens (including phenoxy) is 1. The van der Waals surface area contributed by atoms with E-state index in [1.165, 1.54) is 4.90 Å². The number of likely N-dealkylation sites (tertiary alicyclic amines) is 2. The van der Waals surface area contributed by atoms with Crippen molar-refractivity contribution in [1.29, 1.82) is 5.26 Å². The van der Waals surface area contributed by atoms with Gasteiger partial charge in [-0.1, -0.05) is 35.0 Å². The van der Waals surface area contributed by atoms with E-state index >= 15 is 4.39 Å². The van der Waals surface area contributed by atoms with E-state index in [2.05, 4.69) is 38.1 Å². The van der Waals surface area contributed by atoms with Crippen LogP contribution >= 0.6 is 23.2 Å². The average Bonchev–Trinajstić information content (AvgIpc) is 3.82. The maximum Gasteiger partial charge on any atom is 0.282 e. The van der Waals surface area contributed by atoms with Gasteiger partial charge in [0.1, 0.15) is 17.6 Å². The van der Waals surface area contributed by atoms with Gasteiger partial charge in [0.2, 0.25) is 5.88 Å². The SMILES string of the molecule is C=C(F)C(=O)N1CC[C@H](n2nnc3c(OC[C@@H]4CCCN4C)nc4c(F)c(-c5c(C)c(Cl)cc6[nH]ncc56)c(Cl)cc4c32)C[C@H]1CC#N. The molecule has 0 aliphatic carbocycles. The number of halogens is 4. The number of carbonyl (C=O) groups is 1. The highest BCUT2D eigenvalue weighted by Crippen LogP contribution is 2.45. The summed E-state index contributed by atoms with van der Waals surface area (Å²) in [7, 11) is 2.03. The molecule has 5 aromatic rings. The molecule has 48 heavy (non-hydrogen) atoms. The number of benzene rings is 2. The molecule has 2 aromatic carbocycles. The van der Waals surface area contributed by atoms with Gasteiger partial charge in [-0.25, -0.2) is 18.4 Å². The van der Waals surface area contributed by atoms with Crippen molar-refractivity contribution < 1.29 is 18.3 Å². The Labute approximate surface area is 284 Å². The molecule has 1 amide bonds. The Bertz CT molecular complexity index is 2160. The largest absolute Gasteiger partial charge is 0.474 e. The van der Waals surface area contributed by atoms with Crippen molar-refractivity contribution in [2.45, 2.75) is 57.2 Å². The number of aromatic nitrogens is 6. The van der Waals surface area contributed by atoms with Crippen LogP contribution in [-0.2, 0) is 4.79 Å². The zero-order valence-electron chi connectivity index (χ0n) is 26.2. The number of aromatic amines is 1. The normalized spacial score (nSPS) is 20.2. The highest BCUT2D eigenvalue weighted by molar-refractivity contribution is 6.36. The van der Waals surface area contributed by atoms with E-state index in [0.29, 0.717) is 56.5 Å². The summed E-state index contributed by atoms with van der Waals surface area (Å²) in [4.78, 5) is 20.8. The van der Waals surface area contributed by atoms with Gasteiger partial charge < -0.3 is 14.5 Å². The molecule has 5 heterocycles. The maximum absolute atomic E-state index is 17.1. The Morgan fingerprint density at radius 2 is 1.98 bits per heavy atom. The van der Waals surface area contributed by atoms with Gasteiger partial charge in [0.25, 0.3) is 5.91 Å². The maximum atomic E-state index is 17.1. The molecule has 248 valence electrons. The minimum absolute atomic E-state index is 0.00571. The Morgan fingerprint density at radius 3 is 2.71 bits per heavy atom. The first-order chi connectivity index (χ1) is 23.1. The van der Waals surface area contributed by atoms with Crippen molar-refractivity contribution in [3.63, 3.8) is 0 Å². The predicted octanol–water partition coefficient (Wildman–Crippen LogP) is 6.68. The monoisotopic (exact) mass is 693 g/mol. The van der Waals surface area contributed by atoms with Gasteiger partial charge in [-0.2, -0.15) is 10.4 Å². The Balaban J connectivity index is 1.41. The predicted molar refractivity (Wildman–Crippen MR) is 178 cm³/mol. The molecule has 2 saturated heterocycles. The van der Waals surface area contributed by atoms with Gasteiger partial charge in [0, 0.05) is 45.6 Å². The summed E-state index contributed by atoms with van der Waals surface area (Å²) in [5.74, 6) is -2.48. The summed E-state index contributed by atoms with van der Waals surface area (Å²) in [5, 5.41) is 27.0. The molecule has 1 N–H and O–H groups in total. The molecule has 7 rings (SSSR count). The number of piperidine rings is 1. The smallest absolute Gasteiger partial charge is 0.282 e. The molecule has 0 bridgehead atoms. The van der Waals surface area contributed by atoms with E-state index < -0.39 is 23.6 Å². The van der Waals surface area contributed by atoms with Gasteiger partial charge in [-0.15, -0.1) is 5.10 Å². The number of carbonyl (C=O) groups excluding carboxylic acids is 1. The first-order valence-electron chi connectivity index (χ1n) is 15.6. The third-order valence-electron chi connectivity index (χ3n) is 9.69. The minimum atomic E-state index is -1.09. The molecule has 2 aliphatic heterocycles. The van der Waals surface area contributed by atoms with Gasteiger partial charge in [0.05, 0.1) is 35.3 Å². The van der Waals surface area contributed by atoms with Crippen LogP contribution in [0.2, 0.25) is 10.0 Å². The number of nitriles is 1. The van der Waals surface area contributed by atoms with Crippen molar-refractivity contribution in [3.05, 3.63) is 52.2 Å². The zero-order valence-corrected chi connectivity index (χ0v) is 27.7. The van der Waals surface area contributed by atoms with E-state index in [9.17, 15) is 14.4 Å². The molecule has 0 saturated carbocycles. The number of pyridine rings is 1. The van der Waals surface area contributed by atoms with Crippen LogP contribution in [0.3, 0.4) is 0 Å². The molecule has 0 unspecified atom stereocenters. The minimum Gasteiger partial charge on any atom is -0.474 e. The van der Waals surface area contributed by atoms with Crippen LogP contribution < -0.4 is 4.74 Å². The quantitative estimate of drug-likeness (QED) is 0.187. The van der Waals surface area contributed by atoms with Crippen molar-refractivity contribution in [2.75, 3.05) is 26.7 Å². The highest BCUT2D eigenvalue weighted by Gasteiger charge is 2.36. The van der Waals surface area contributed by atoms with Crippen molar-refractivity contribution in [2.24, 2.45) is 0 Å². The topological polar surface area (TPSA) is 129 Å². The Kier molecular flexibility index (Phi) is 8.43. The second kappa shape index (κ2) is 12.6. The van der Waals surface area contributed by atoms with Crippen LogP contribution in [0.5, 0.6) is 5.88 Å². The zero-order chi connectivity index (χ0) is 33.9. The molecule has 15 heteroatoms. The van der Waals surface area contributed by atoms with Crippen LogP contribution in [0.25, 0.3) is 44.0 Å². The number of rotatable bonds is 7. The molecular weight excluding hydrogens is 663 g/mol. The van der Waals surface area contributed by atoms with E-state index in [1.54, 1.807) is 29.9 Å². The number of nitrogens with one attached hydrogen (secondary N) is 1. The summed E-state index contributed by atoms with van der Waals surface area (Å²) >= 11 is 13.5. The van der Waals surface area contributed by atoms with E-state index in [-0.39, 0.29) is 53.5 Å². The Hall–Kier alpha value is -4.38. The number of nitrogens with zero attached hydrogens (tertiary/aromatic N) is 8. The molecule has 0 spiro atoms. The molecule has 3 aromatic heterocycles. The standard InChI is InChI=1S/C33H31Cl2F2N9O2/c1-16-23(34)13-25-22(14-39-41-25)26(16)27-24(35)12-21-29(28(27)37)40-32(48-15-20-5-4-9-44(20)3)30-31(21)46(43-42-30)19-7-10-45(33(47)17(2)36)18(11-19)6-8-38/h12-14,18-20H,2,4-7,9-11,15H2,1,3H3,(H,39,41)/t18-,19+,20+/m1/s1. The number of H-pyrrole nitrogens is 1. The average molecular weight is 695 g/mol. The first-order valence-corrected chi connectivity index (χ1v) is 16.4. The lowest BCUT2D eigenvalue weighted by atomic mass is 9.94. The summed E-state index contributed by atoms with van der Waals surface area (Å²) in [6.07, 6.45) is 4.24. The third kappa shape index (κ3) is 5.32. The lowest BCUT2D eigenvalue weighted by molar-refractivity contribution is -0.132. The molecular formula is C33H31Cl2F2N9O2. The number of likely N-dealkylation sites (N-methyl/N-ethyl adjacent to an activating group) is 1. The number of hydrogen-bond donors (Lipinski definition) is 1. The fourth-order valence-corrected chi connectivity index (χ4v) is 7.64. The Morgan fingerprint density at radius 1 is 1.17 bits per heavy atom. The number of amides is 1. The van der Waals surface area contributed by atoms with Crippen LogP contribution in [0, 0.1) is 24.1 Å². The highest BCUT2D eigenvalue weighted by atomic mass is 35.5. The number of fused-ring (bicyclic) bond motifs is 4. The van der Waals surface area contributed by atoms with Crippen LogP contribution in [-0.4, -0.2) is 84.7 Å². The van der Waals surface area contributed by atoms with Crippen LogP contribution in [0.4, 0.5) is 8.78 Å². The van der Waals surface area contributed by atoms with E-state index in [0.717, 1.165) is 19.4 Å². The fourth-order valence-electron chi connectivity index (χ4n) is 7.15. The summed E-state index contributed by atoms with van der Waals surface area (Å²) < 4.78 is 38.9. The van der Waals surface area contributed by atoms with Gasteiger partial charge >= 0.3 is 0 Å². The lowest BCUT2D eigenvalue weighted by Gasteiger charge is -2.38. The fraction of sp³-hybridized carbons (Fsp3) is 0.394. The van der Waals surface area contributed by atoms with Gasteiger partial charge in [-0.05, 0) is 63.9 Å². The summed E-state index contributed by atoms with van der Waals surface area (Å²) in [6.45, 7) is 6.37. The number of hydrogen-bond acceptors (Lipinski definition) is 8. The molecule has 2 aliphatic rings. The van der Waals surface area contributed by atoms with E-state index in [4.69, 9.17) is 32.9 Å². The summed E-state index contributed by atoms with van der Waals surface area (Å²) in [5.41, 5.74) is 2.65. The van der Waals surface area contributed by atoms with Crippen LogP contribution in [0.15, 0.2) is 30.7 Å². The van der Waals surface area contributed by atoms with E-state index in [1.807, 2.05) is 7.05 Å². The van der Waals surface area contributed by atoms with Crippen molar-refractivity contribution in [3.8, 4) is 23.1 Å².